The van der Waals surface area contributed by atoms with Crippen molar-refractivity contribution in [3.8, 4) is 11.5 Å². The van der Waals surface area contributed by atoms with E-state index >= 15 is 0 Å². The summed E-state index contributed by atoms with van der Waals surface area (Å²) in [7, 11) is 3.68. The van der Waals surface area contributed by atoms with Gasteiger partial charge in [-0.2, -0.15) is 0 Å². The first kappa shape index (κ1) is 33.6. The highest BCUT2D eigenvalue weighted by Crippen LogP contribution is 2.44. The number of nitrogens with zero attached hydrogens (tertiary/aromatic N) is 3. The number of methoxy groups -OCH3 is 1. The number of piperidine rings is 1. The Bertz CT molecular complexity index is 1510. The number of carbonyl (C=O) groups is 2. The molecule has 1 saturated heterocycles. The fraction of sp³-hybridized carbons (Fsp3) is 0.459. The fourth-order valence-electron chi connectivity index (χ4n) is 6.46. The molecule has 1 fully saturated rings. The number of hydrogen-bond acceptors (Lipinski definition) is 6. The summed E-state index contributed by atoms with van der Waals surface area (Å²) in [6, 6.07) is 18.9. The van der Waals surface area contributed by atoms with Crippen molar-refractivity contribution in [2.24, 2.45) is 0 Å². The molecule has 46 heavy (non-hydrogen) atoms. The summed E-state index contributed by atoms with van der Waals surface area (Å²) in [6.45, 7) is 10.4. The van der Waals surface area contributed by atoms with Crippen molar-refractivity contribution in [3.05, 3.63) is 87.9 Å². The van der Waals surface area contributed by atoms with E-state index in [0.29, 0.717) is 23.1 Å². The van der Waals surface area contributed by atoms with Crippen LogP contribution in [0.5, 0.6) is 11.5 Å². The maximum atomic E-state index is 13.9. The van der Waals surface area contributed by atoms with Gasteiger partial charge in [0, 0.05) is 23.8 Å². The second-order valence-corrected chi connectivity index (χ2v) is 12.8. The van der Waals surface area contributed by atoms with E-state index in [1.165, 1.54) is 0 Å². The first-order valence-electron chi connectivity index (χ1n) is 16.3. The molecule has 0 radical (unpaired) electrons. The lowest BCUT2D eigenvalue weighted by molar-refractivity contribution is -0.118. The number of fused-ring (bicyclic) bond motifs is 1. The van der Waals surface area contributed by atoms with Crippen LogP contribution >= 0.6 is 11.6 Å². The van der Waals surface area contributed by atoms with Gasteiger partial charge in [0.15, 0.2) is 11.5 Å². The lowest BCUT2D eigenvalue weighted by atomic mass is 9.86. The number of benzene rings is 3. The average Bonchev–Trinajstić information content (AvgIpc) is 3.05. The summed E-state index contributed by atoms with van der Waals surface area (Å²) in [6.07, 6.45) is 2.59. The topological polar surface area (TPSA) is 71.5 Å². The highest BCUT2D eigenvalue weighted by atomic mass is 35.5. The molecule has 4 atom stereocenters. The van der Waals surface area contributed by atoms with Crippen molar-refractivity contribution in [1.82, 2.24) is 9.80 Å². The Hall–Kier alpha value is -3.75. The summed E-state index contributed by atoms with van der Waals surface area (Å²) in [5.74, 6) is 1.24. The van der Waals surface area contributed by atoms with E-state index in [2.05, 4.69) is 18.9 Å². The highest BCUT2D eigenvalue weighted by Gasteiger charge is 2.36. The summed E-state index contributed by atoms with van der Waals surface area (Å²) < 4.78 is 17.9. The van der Waals surface area contributed by atoms with Crippen LogP contribution in [-0.4, -0.2) is 67.8 Å². The molecule has 0 saturated carbocycles. The van der Waals surface area contributed by atoms with Gasteiger partial charge in [-0.25, -0.2) is 4.79 Å². The van der Waals surface area contributed by atoms with Crippen molar-refractivity contribution in [2.45, 2.75) is 77.7 Å². The smallest absolute Gasteiger partial charge is 0.410 e. The van der Waals surface area contributed by atoms with Gasteiger partial charge in [-0.1, -0.05) is 42.8 Å². The molecule has 2 heterocycles. The van der Waals surface area contributed by atoms with Crippen LogP contribution < -0.4 is 14.4 Å². The molecule has 9 heteroatoms. The summed E-state index contributed by atoms with van der Waals surface area (Å²) in [5, 5.41) is 0.626. The third kappa shape index (κ3) is 7.29. The maximum Gasteiger partial charge on any atom is 0.410 e. The number of carbonyl (C=O) groups excluding carboxylic acids is 2. The molecule has 246 valence electrons. The second-order valence-electron chi connectivity index (χ2n) is 12.4. The zero-order valence-electron chi connectivity index (χ0n) is 27.8. The van der Waals surface area contributed by atoms with Crippen LogP contribution in [0, 0.1) is 0 Å². The Morgan fingerprint density at radius 2 is 1.76 bits per heavy atom. The molecule has 2 aliphatic heterocycles. The number of halogens is 1. The molecule has 5 rings (SSSR count). The predicted molar refractivity (Wildman–Crippen MR) is 182 cm³/mol. The zero-order valence-corrected chi connectivity index (χ0v) is 28.5. The summed E-state index contributed by atoms with van der Waals surface area (Å²) in [4.78, 5) is 33.0. The molecule has 0 spiro atoms. The van der Waals surface area contributed by atoms with Crippen molar-refractivity contribution >= 4 is 29.3 Å². The minimum atomic E-state index is -0.405. The van der Waals surface area contributed by atoms with E-state index < -0.39 is 6.04 Å². The largest absolute Gasteiger partial charge is 0.493 e. The van der Waals surface area contributed by atoms with Crippen LogP contribution in [0.25, 0.3) is 0 Å². The van der Waals surface area contributed by atoms with Gasteiger partial charge in [-0.3, -0.25) is 4.79 Å². The molecule has 0 aliphatic carbocycles. The quantitative estimate of drug-likeness (QED) is 0.223. The van der Waals surface area contributed by atoms with Crippen LogP contribution in [0.3, 0.4) is 0 Å². The monoisotopic (exact) mass is 647 g/mol. The van der Waals surface area contributed by atoms with Crippen LogP contribution in [0.4, 0.5) is 10.5 Å². The lowest BCUT2D eigenvalue weighted by Gasteiger charge is -2.38. The first-order valence-corrected chi connectivity index (χ1v) is 16.7. The van der Waals surface area contributed by atoms with Gasteiger partial charge in [0.05, 0.1) is 31.7 Å². The Morgan fingerprint density at radius 1 is 1.04 bits per heavy atom. The third-order valence-electron chi connectivity index (χ3n) is 9.22. The molecule has 3 unspecified atom stereocenters. The molecular formula is C37H46ClN3O5. The Balaban J connectivity index is 1.46. The first-order chi connectivity index (χ1) is 22.1. The van der Waals surface area contributed by atoms with Crippen molar-refractivity contribution < 1.29 is 23.8 Å². The van der Waals surface area contributed by atoms with Crippen molar-refractivity contribution in [1.29, 1.82) is 0 Å². The number of hydrogen-bond donors (Lipinski definition) is 0. The van der Waals surface area contributed by atoms with Gasteiger partial charge in [-0.15, -0.1) is 0 Å². The zero-order chi connectivity index (χ0) is 33.0. The van der Waals surface area contributed by atoms with Crippen molar-refractivity contribution in [2.75, 3.05) is 38.7 Å². The van der Waals surface area contributed by atoms with E-state index in [0.717, 1.165) is 60.3 Å². The molecule has 0 N–H and O–H groups in total. The Labute approximate surface area is 278 Å². The SMILES string of the molecule is CC[C@@H](C)Oc1cc2c(cc1OC)CC(=O)N(c1ccc(C(C)N(CC)C(=O)OC3CCCN(C)C3)cc1)C2c1ccc(Cl)cc1. The fourth-order valence-corrected chi connectivity index (χ4v) is 6.58. The molecule has 2 amide bonds. The Kier molecular flexibility index (Phi) is 10.8. The number of likely N-dealkylation sites (N-methyl/N-ethyl adjacent to an activating group) is 1. The van der Waals surface area contributed by atoms with Gasteiger partial charge in [0.25, 0.3) is 0 Å². The highest BCUT2D eigenvalue weighted by molar-refractivity contribution is 6.30. The predicted octanol–water partition coefficient (Wildman–Crippen LogP) is 7.82. The summed E-state index contributed by atoms with van der Waals surface area (Å²) >= 11 is 6.28. The molecule has 2 aliphatic rings. The molecule has 3 aromatic rings. The van der Waals surface area contributed by atoms with E-state index in [1.54, 1.807) is 12.0 Å². The van der Waals surface area contributed by atoms with Crippen LogP contribution in [-0.2, 0) is 16.0 Å². The minimum Gasteiger partial charge on any atom is -0.493 e. The number of likely N-dealkylation sites (tertiary alicyclic amines) is 1. The molecule has 8 nitrogen and oxygen atoms in total. The lowest BCUT2D eigenvalue weighted by Crippen LogP contribution is -2.42. The van der Waals surface area contributed by atoms with E-state index in [4.69, 9.17) is 25.8 Å². The molecule has 0 aromatic heterocycles. The molecule has 0 bridgehead atoms. The van der Waals surface area contributed by atoms with Crippen molar-refractivity contribution in [3.63, 3.8) is 0 Å². The minimum absolute atomic E-state index is 0.000707. The standard InChI is InChI=1S/C37H46ClN3O5/c1-7-24(3)45-34-22-32-28(20-33(34)44-6)21-35(42)41(36(32)27-11-15-29(38)16-12-27)30-17-13-26(14-18-30)25(4)40(8-2)37(43)46-31-10-9-19-39(5)23-31/h11-18,20,22,24-25,31,36H,7-10,19,21,23H2,1-6H3/t24-,25?,31?,36?/m1/s1. The van der Waals surface area contributed by atoms with Gasteiger partial charge >= 0.3 is 6.09 Å². The number of amides is 2. The van der Waals surface area contributed by atoms with Gasteiger partial charge in [0.2, 0.25) is 5.91 Å². The van der Waals surface area contributed by atoms with E-state index in [-0.39, 0.29) is 36.7 Å². The van der Waals surface area contributed by atoms with Crippen LogP contribution in [0.15, 0.2) is 60.7 Å². The summed E-state index contributed by atoms with van der Waals surface area (Å²) in [5.41, 5.74) is 4.55. The van der Waals surface area contributed by atoms with Gasteiger partial charge in [-0.05, 0) is 112 Å². The second kappa shape index (κ2) is 14.8. The molecule has 3 aromatic carbocycles. The normalized spacial score (nSPS) is 19.6. The number of anilines is 1. The number of rotatable bonds is 10. The van der Waals surface area contributed by atoms with Crippen LogP contribution in [0.1, 0.15) is 81.3 Å². The molecular weight excluding hydrogens is 602 g/mol. The Morgan fingerprint density at radius 3 is 2.39 bits per heavy atom. The maximum absolute atomic E-state index is 13.9. The van der Waals surface area contributed by atoms with Crippen LogP contribution in [0.2, 0.25) is 5.02 Å². The van der Waals surface area contributed by atoms with Gasteiger partial charge in [0.1, 0.15) is 6.10 Å². The van der Waals surface area contributed by atoms with E-state index in [9.17, 15) is 9.59 Å². The number of ether oxygens (including phenoxy) is 3. The average molecular weight is 648 g/mol. The third-order valence-corrected chi connectivity index (χ3v) is 9.47. The van der Waals surface area contributed by atoms with Gasteiger partial charge < -0.3 is 28.9 Å². The van der Waals surface area contributed by atoms with E-state index in [1.807, 2.05) is 86.3 Å².